The smallest absolute Gasteiger partial charge is 0.306 e. The molecule has 0 heterocycles. The van der Waals surface area contributed by atoms with Crippen LogP contribution in [0.15, 0.2) is 12.2 Å². The molecule has 1 rings (SSSR count). The van der Waals surface area contributed by atoms with Crippen LogP contribution in [-0.2, 0) is 9.53 Å². The standard InChI is InChI=1S/C13H22O2/c1-3-15-12(14)11-13(2)9-7-5-4-6-8-10-13/h4-5H,3,6-11H2,1-2H3/b5-4-. The van der Waals surface area contributed by atoms with Crippen molar-refractivity contribution in [3.05, 3.63) is 12.2 Å². The molecule has 0 aromatic rings. The first-order valence-corrected chi connectivity index (χ1v) is 5.97. The van der Waals surface area contributed by atoms with Gasteiger partial charge in [-0.25, -0.2) is 0 Å². The lowest BCUT2D eigenvalue weighted by Crippen LogP contribution is -2.23. The molecule has 0 aliphatic heterocycles. The topological polar surface area (TPSA) is 26.3 Å². The molecule has 0 bridgehead atoms. The quantitative estimate of drug-likeness (QED) is 0.526. The zero-order chi connectivity index (χ0) is 11.1. The summed E-state index contributed by atoms with van der Waals surface area (Å²) in [5, 5.41) is 0. The fourth-order valence-electron chi connectivity index (χ4n) is 2.18. The second-order valence-corrected chi connectivity index (χ2v) is 4.69. The molecule has 0 N–H and O–H groups in total. The maximum absolute atomic E-state index is 11.5. The van der Waals surface area contributed by atoms with Gasteiger partial charge in [-0.15, -0.1) is 0 Å². The minimum atomic E-state index is -0.0375. The van der Waals surface area contributed by atoms with Crippen LogP contribution in [0.4, 0.5) is 0 Å². The molecule has 1 unspecified atom stereocenters. The molecule has 0 aromatic carbocycles. The van der Waals surface area contributed by atoms with Crippen molar-refractivity contribution in [3.8, 4) is 0 Å². The molecule has 0 amide bonds. The number of hydrogen-bond acceptors (Lipinski definition) is 2. The van der Waals surface area contributed by atoms with Crippen molar-refractivity contribution in [1.82, 2.24) is 0 Å². The lowest BCUT2D eigenvalue weighted by atomic mass is 9.77. The summed E-state index contributed by atoms with van der Waals surface area (Å²) in [6, 6.07) is 0. The average Bonchev–Trinajstić information content (AvgIpc) is 2.13. The second kappa shape index (κ2) is 5.94. The van der Waals surface area contributed by atoms with Crippen LogP contribution in [0.5, 0.6) is 0 Å². The molecule has 0 radical (unpaired) electrons. The summed E-state index contributed by atoms with van der Waals surface area (Å²) in [6.07, 6.45) is 10.7. The van der Waals surface area contributed by atoms with E-state index in [0.29, 0.717) is 13.0 Å². The van der Waals surface area contributed by atoms with Gasteiger partial charge in [-0.3, -0.25) is 4.79 Å². The third-order valence-electron chi connectivity index (χ3n) is 3.11. The lowest BCUT2D eigenvalue weighted by molar-refractivity contribution is -0.145. The van der Waals surface area contributed by atoms with Crippen LogP contribution in [0.25, 0.3) is 0 Å². The first kappa shape index (κ1) is 12.3. The molecule has 0 spiro atoms. The number of rotatable bonds is 3. The van der Waals surface area contributed by atoms with Crippen molar-refractivity contribution in [1.29, 1.82) is 0 Å². The molecule has 0 saturated carbocycles. The Kier molecular flexibility index (Phi) is 4.86. The summed E-state index contributed by atoms with van der Waals surface area (Å²) in [4.78, 5) is 11.5. The molecular formula is C13H22O2. The van der Waals surface area contributed by atoms with Gasteiger partial charge in [-0.1, -0.05) is 19.1 Å². The van der Waals surface area contributed by atoms with Gasteiger partial charge >= 0.3 is 5.97 Å². The SMILES string of the molecule is CCOC(=O)CC1(C)CC/C=C\CCC1. The molecule has 1 aliphatic carbocycles. The number of ether oxygens (including phenoxy) is 1. The summed E-state index contributed by atoms with van der Waals surface area (Å²) in [5.74, 6) is -0.0375. The monoisotopic (exact) mass is 210 g/mol. The second-order valence-electron chi connectivity index (χ2n) is 4.69. The summed E-state index contributed by atoms with van der Waals surface area (Å²) in [6.45, 7) is 4.57. The Hall–Kier alpha value is -0.790. The van der Waals surface area contributed by atoms with Crippen molar-refractivity contribution in [2.45, 2.75) is 52.4 Å². The molecule has 0 saturated heterocycles. The number of esters is 1. The largest absolute Gasteiger partial charge is 0.466 e. The van der Waals surface area contributed by atoms with Gasteiger partial charge in [0.2, 0.25) is 0 Å². The highest BCUT2D eigenvalue weighted by molar-refractivity contribution is 5.70. The highest BCUT2D eigenvalue weighted by atomic mass is 16.5. The lowest BCUT2D eigenvalue weighted by Gasteiger charge is -2.29. The predicted octanol–water partition coefficient (Wildman–Crippen LogP) is 3.47. The Labute approximate surface area is 92.7 Å². The van der Waals surface area contributed by atoms with E-state index in [1.165, 1.54) is 6.42 Å². The van der Waals surface area contributed by atoms with Crippen LogP contribution >= 0.6 is 0 Å². The molecule has 15 heavy (non-hydrogen) atoms. The number of allylic oxidation sites excluding steroid dienone is 2. The van der Waals surface area contributed by atoms with Crippen LogP contribution < -0.4 is 0 Å². The van der Waals surface area contributed by atoms with E-state index in [-0.39, 0.29) is 11.4 Å². The fourth-order valence-corrected chi connectivity index (χ4v) is 2.18. The van der Waals surface area contributed by atoms with Gasteiger partial charge < -0.3 is 4.74 Å². The normalized spacial score (nSPS) is 28.9. The Morgan fingerprint density at radius 1 is 1.33 bits per heavy atom. The summed E-state index contributed by atoms with van der Waals surface area (Å²) < 4.78 is 5.02. The van der Waals surface area contributed by atoms with Gasteiger partial charge in [0.25, 0.3) is 0 Å². The Morgan fingerprint density at radius 2 is 2.07 bits per heavy atom. The number of hydrogen-bond donors (Lipinski definition) is 0. The van der Waals surface area contributed by atoms with Gasteiger partial charge in [-0.2, -0.15) is 0 Å². The molecular weight excluding hydrogens is 188 g/mol. The summed E-state index contributed by atoms with van der Waals surface area (Å²) in [7, 11) is 0. The summed E-state index contributed by atoms with van der Waals surface area (Å²) in [5.41, 5.74) is 0.150. The van der Waals surface area contributed by atoms with Crippen molar-refractivity contribution in [3.63, 3.8) is 0 Å². The average molecular weight is 210 g/mol. The Bertz CT molecular complexity index is 233. The van der Waals surface area contributed by atoms with E-state index in [0.717, 1.165) is 25.7 Å². The minimum absolute atomic E-state index is 0.0375. The van der Waals surface area contributed by atoms with Gasteiger partial charge in [0, 0.05) is 0 Å². The zero-order valence-electron chi connectivity index (χ0n) is 9.92. The Balaban J connectivity index is 2.47. The van der Waals surface area contributed by atoms with E-state index < -0.39 is 0 Å². The maximum atomic E-state index is 11.5. The number of carbonyl (C=O) groups is 1. The van der Waals surface area contributed by atoms with E-state index in [4.69, 9.17) is 4.74 Å². The third kappa shape index (κ3) is 4.50. The maximum Gasteiger partial charge on any atom is 0.306 e. The molecule has 86 valence electrons. The van der Waals surface area contributed by atoms with Gasteiger partial charge in [0.15, 0.2) is 0 Å². The van der Waals surface area contributed by atoms with E-state index in [1.54, 1.807) is 0 Å². The van der Waals surface area contributed by atoms with Crippen molar-refractivity contribution < 1.29 is 9.53 Å². The first-order chi connectivity index (χ1) is 7.16. The highest BCUT2D eigenvalue weighted by Crippen LogP contribution is 2.35. The van der Waals surface area contributed by atoms with E-state index in [2.05, 4.69) is 19.1 Å². The van der Waals surface area contributed by atoms with E-state index in [1.807, 2.05) is 6.92 Å². The third-order valence-corrected chi connectivity index (χ3v) is 3.11. The van der Waals surface area contributed by atoms with Gasteiger partial charge in [-0.05, 0) is 44.4 Å². The van der Waals surface area contributed by atoms with Crippen LogP contribution in [-0.4, -0.2) is 12.6 Å². The van der Waals surface area contributed by atoms with Crippen LogP contribution in [0.1, 0.15) is 52.4 Å². The number of carbonyl (C=O) groups excluding carboxylic acids is 1. The molecule has 2 heteroatoms. The molecule has 1 atom stereocenters. The van der Waals surface area contributed by atoms with E-state index >= 15 is 0 Å². The molecule has 2 nitrogen and oxygen atoms in total. The zero-order valence-corrected chi connectivity index (χ0v) is 9.92. The molecule has 0 aromatic heterocycles. The highest BCUT2D eigenvalue weighted by Gasteiger charge is 2.27. The van der Waals surface area contributed by atoms with Crippen molar-refractivity contribution >= 4 is 5.97 Å². The van der Waals surface area contributed by atoms with Gasteiger partial charge in [0.05, 0.1) is 13.0 Å². The van der Waals surface area contributed by atoms with E-state index in [9.17, 15) is 4.79 Å². The first-order valence-electron chi connectivity index (χ1n) is 5.97. The minimum Gasteiger partial charge on any atom is -0.466 e. The molecule has 0 fully saturated rings. The Morgan fingerprint density at radius 3 is 2.80 bits per heavy atom. The summed E-state index contributed by atoms with van der Waals surface area (Å²) >= 11 is 0. The predicted molar refractivity (Wildman–Crippen MR) is 61.6 cm³/mol. The van der Waals surface area contributed by atoms with Crippen molar-refractivity contribution in [2.24, 2.45) is 5.41 Å². The van der Waals surface area contributed by atoms with Crippen LogP contribution in [0.3, 0.4) is 0 Å². The van der Waals surface area contributed by atoms with Crippen molar-refractivity contribution in [2.75, 3.05) is 6.61 Å². The van der Waals surface area contributed by atoms with Crippen LogP contribution in [0.2, 0.25) is 0 Å². The van der Waals surface area contributed by atoms with Gasteiger partial charge in [0.1, 0.15) is 0 Å². The fraction of sp³-hybridized carbons (Fsp3) is 0.769. The van der Waals surface area contributed by atoms with Crippen LogP contribution in [0, 0.1) is 5.41 Å². The molecule has 1 aliphatic rings.